The van der Waals surface area contributed by atoms with Gasteiger partial charge in [0, 0.05) is 0 Å². The molecular weight excluding hydrogens is 198 g/mol. The summed E-state index contributed by atoms with van der Waals surface area (Å²) in [5.41, 5.74) is 8.21. The van der Waals surface area contributed by atoms with Crippen LogP contribution in [0.25, 0.3) is 0 Å². The summed E-state index contributed by atoms with van der Waals surface area (Å²) in [6.07, 6.45) is 1.46. The molecule has 2 nitrogen and oxygen atoms in total. The summed E-state index contributed by atoms with van der Waals surface area (Å²) >= 11 is 5.56. The Morgan fingerprint density at radius 1 is 1.57 bits per heavy atom. The molecule has 2 rings (SSSR count). The van der Waals surface area contributed by atoms with Crippen molar-refractivity contribution in [2.75, 3.05) is 0 Å². The first-order chi connectivity index (χ1) is 6.55. The Morgan fingerprint density at radius 2 is 2.29 bits per heavy atom. The highest BCUT2D eigenvalue weighted by atomic mass is 35.5. The molecule has 14 heavy (non-hydrogen) atoms. The van der Waals surface area contributed by atoms with E-state index in [0.29, 0.717) is 6.42 Å². The van der Waals surface area contributed by atoms with Crippen LogP contribution in [0.15, 0.2) is 18.2 Å². The smallest absolute Gasteiger partial charge is 0.246 e. The quantitative estimate of drug-likeness (QED) is 0.718. The van der Waals surface area contributed by atoms with Crippen LogP contribution < -0.4 is 5.73 Å². The van der Waals surface area contributed by atoms with Crippen molar-refractivity contribution < 1.29 is 4.79 Å². The van der Waals surface area contributed by atoms with Gasteiger partial charge in [-0.1, -0.05) is 18.2 Å². The summed E-state index contributed by atoms with van der Waals surface area (Å²) in [7, 11) is 0. The van der Waals surface area contributed by atoms with E-state index in [-0.39, 0.29) is 0 Å². The second kappa shape index (κ2) is 3.07. The predicted octanol–water partition coefficient (Wildman–Crippen LogP) is 1.86. The maximum absolute atomic E-state index is 11.3. The van der Waals surface area contributed by atoms with Crippen molar-refractivity contribution in [2.24, 2.45) is 5.73 Å². The molecule has 1 unspecified atom stereocenters. The molecule has 1 atom stereocenters. The maximum Gasteiger partial charge on any atom is 0.246 e. The third-order valence-corrected chi connectivity index (χ3v) is 3.28. The van der Waals surface area contributed by atoms with E-state index in [9.17, 15) is 4.79 Å². The van der Waals surface area contributed by atoms with Crippen molar-refractivity contribution in [3.8, 4) is 0 Å². The van der Waals surface area contributed by atoms with Crippen LogP contribution in [0.4, 0.5) is 0 Å². The fourth-order valence-corrected chi connectivity index (χ4v) is 2.42. The van der Waals surface area contributed by atoms with Crippen molar-refractivity contribution in [1.29, 1.82) is 0 Å². The second-order valence-corrected chi connectivity index (χ2v) is 4.20. The van der Waals surface area contributed by atoms with Crippen LogP contribution in [-0.2, 0) is 16.8 Å². The average molecular weight is 210 g/mol. The minimum absolute atomic E-state index is 0.453. The van der Waals surface area contributed by atoms with Crippen LogP contribution in [0, 0.1) is 6.92 Å². The molecule has 2 N–H and O–H groups in total. The number of benzene rings is 1. The number of fused-ring (bicyclic) bond motifs is 1. The Morgan fingerprint density at radius 3 is 2.93 bits per heavy atom. The lowest BCUT2D eigenvalue weighted by molar-refractivity contribution is -0.116. The third kappa shape index (κ3) is 1.18. The van der Waals surface area contributed by atoms with Gasteiger partial charge in [0.15, 0.2) is 0 Å². The molecule has 0 heterocycles. The summed E-state index contributed by atoms with van der Waals surface area (Å²) in [4.78, 5) is 11.3. The Kier molecular flexibility index (Phi) is 2.13. The zero-order valence-electron chi connectivity index (χ0n) is 8.01. The number of halogens is 1. The average Bonchev–Trinajstić information content (AvgIpc) is 2.47. The van der Waals surface area contributed by atoms with Crippen LogP contribution in [0.2, 0.25) is 0 Å². The molecule has 1 aliphatic rings. The number of nitrogens with two attached hydrogens (primary N) is 1. The predicted molar refractivity (Wildman–Crippen MR) is 56.2 cm³/mol. The van der Waals surface area contributed by atoms with Crippen LogP contribution >= 0.6 is 11.6 Å². The molecular formula is C11H12ClNO. The zero-order chi connectivity index (χ0) is 10.3. The van der Waals surface area contributed by atoms with Gasteiger partial charge in [-0.2, -0.15) is 0 Å². The number of carbonyl (C=O) groups is 1. The van der Waals surface area contributed by atoms with Crippen molar-refractivity contribution >= 4 is 16.8 Å². The minimum Gasteiger partial charge on any atom is -0.314 e. The van der Waals surface area contributed by atoms with Crippen LogP contribution in [0.3, 0.4) is 0 Å². The summed E-state index contributed by atoms with van der Waals surface area (Å²) in [6, 6.07) is 5.96. The number of carbonyl (C=O) groups excluding carboxylic acids is 1. The summed E-state index contributed by atoms with van der Waals surface area (Å²) < 4.78 is 0. The maximum atomic E-state index is 11.3. The molecule has 0 saturated carbocycles. The number of hydrogen-bond acceptors (Lipinski definition) is 2. The van der Waals surface area contributed by atoms with Gasteiger partial charge in [0.05, 0.1) is 0 Å². The summed E-state index contributed by atoms with van der Waals surface area (Å²) in [5.74, 6) is 0. The van der Waals surface area contributed by atoms with E-state index in [1.54, 1.807) is 0 Å². The minimum atomic E-state index is -0.956. The molecule has 1 aliphatic carbocycles. The first kappa shape index (κ1) is 9.69. The molecule has 0 aliphatic heterocycles. The first-order valence-corrected chi connectivity index (χ1v) is 5.01. The third-order valence-electron chi connectivity index (χ3n) is 2.94. The van der Waals surface area contributed by atoms with E-state index in [2.05, 4.69) is 0 Å². The Hall–Kier alpha value is -0.860. The van der Waals surface area contributed by atoms with Crippen LogP contribution in [0.1, 0.15) is 23.1 Å². The van der Waals surface area contributed by atoms with Gasteiger partial charge in [-0.15, -0.1) is 0 Å². The fraction of sp³-hybridized carbons (Fsp3) is 0.364. The largest absolute Gasteiger partial charge is 0.314 e. The summed E-state index contributed by atoms with van der Waals surface area (Å²) in [5, 5.41) is -0.453. The molecule has 0 saturated heterocycles. The second-order valence-electron chi connectivity index (χ2n) is 3.85. The number of hydrogen-bond donors (Lipinski definition) is 1. The van der Waals surface area contributed by atoms with Crippen LogP contribution in [-0.4, -0.2) is 5.24 Å². The van der Waals surface area contributed by atoms with Crippen molar-refractivity contribution in [1.82, 2.24) is 0 Å². The van der Waals surface area contributed by atoms with Gasteiger partial charge in [0.25, 0.3) is 0 Å². The first-order valence-electron chi connectivity index (χ1n) is 4.63. The highest BCUT2D eigenvalue weighted by Gasteiger charge is 2.41. The molecule has 1 aromatic rings. The van der Waals surface area contributed by atoms with Gasteiger partial charge < -0.3 is 5.73 Å². The van der Waals surface area contributed by atoms with E-state index in [4.69, 9.17) is 17.3 Å². The molecule has 0 spiro atoms. The normalized spacial score (nSPS) is 24.8. The van der Waals surface area contributed by atoms with E-state index in [0.717, 1.165) is 23.1 Å². The molecule has 0 radical (unpaired) electrons. The Bertz CT molecular complexity index is 402. The van der Waals surface area contributed by atoms with Crippen molar-refractivity contribution in [3.05, 3.63) is 34.9 Å². The lowest BCUT2D eigenvalue weighted by Crippen LogP contribution is -2.40. The fourth-order valence-electron chi connectivity index (χ4n) is 2.23. The van der Waals surface area contributed by atoms with Gasteiger partial charge in [-0.25, -0.2) is 0 Å². The SMILES string of the molecule is Cc1cccc2c1C(N)(C(=O)Cl)CC2. The Labute approximate surface area is 88.1 Å². The van der Waals surface area contributed by atoms with Crippen molar-refractivity contribution in [2.45, 2.75) is 25.3 Å². The van der Waals surface area contributed by atoms with E-state index >= 15 is 0 Å². The lowest BCUT2D eigenvalue weighted by atomic mass is 9.91. The summed E-state index contributed by atoms with van der Waals surface area (Å²) in [6.45, 7) is 1.96. The van der Waals surface area contributed by atoms with Gasteiger partial charge in [-0.3, -0.25) is 4.79 Å². The van der Waals surface area contributed by atoms with E-state index in [1.165, 1.54) is 0 Å². The lowest BCUT2D eigenvalue weighted by Gasteiger charge is -2.21. The van der Waals surface area contributed by atoms with E-state index < -0.39 is 10.8 Å². The van der Waals surface area contributed by atoms with Gasteiger partial charge in [0.1, 0.15) is 5.54 Å². The molecule has 3 heteroatoms. The molecule has 0 amide bonds. The highest BCUT2D eigenvalue weighted by molar-refractivity contribution is 6.65. The highest BCUT2D eigenvalue weighted by Crippen LogP contribution is 2.38. The van der Waals surface area contributed by atoms with Gasteiger partial charge >= 0.3 is 0 Å². The molecule has 0 bridgehead atoms. The molecule has 0 aromatic heterocycles. The molecule has 1 aromatic carbocycles. The van der Waals surface area contributed by atoms with Crippen LogP contribution in [0.5, 0.6) is 0 Å². The number of aryl methyl sites for hydroxylation is 2. The standard InChI is InChI=1S/C11H12ClNO/c1-7-3-2-4-8-5-6-11(13,9(7)8)10(12)14/h2-4H,5-6,13H2,1H3. The number of rotatable bonds is 1. The van der Waals surface area contributed by atoms with E-state index in [1.807, 2.05) is 25.1 Å². The zero-order valence-corrected chi connectivity index (χ0v) is 8.77. The van der Waals surface area contributed by atoms with Crippen molar-refractivity contribution in [3.63, 3.8) is 0 Å². The van der Waals surface area contributed by atoms with Gasteiger partial charge in [0.2, 0.25) is 5.24 Å². The topological polar surface area (TPSA) is 43.1 Å². The molecule has 74 valence electrons. The Balaban J connectivity index is 2.64. The van der Waals surface area contributed by atoms with Gasteiger partial charge in [-0.05, 0) is 48.1 Å². The monoisotopic (exact) mass is 209 g/mol. The molecule has 0 fully saturated rings.